The SMILES string of the molecule is CCC[C@@H]1CCCC1Cc1cnc(C2Cc3cccc(N(C)S(=O)(=O)c4cccs4)c3N2)s1. The fraction of sp³-hybridized carbons (Fsp3) is 0.480. The Morgan fingerprint density at radius 3 is 2.82 bits per heavy atom. The van der Waals surface area contributed by atoms with Gasteiger partial charge in [-0.2, -0.15) is 0 Å². The minimum atomic E-state index is -3.57. The third kappa shape index (κ3) is 4.45. The Morgan fingerprint density at radius 1 is 1.18 bits per heavy atom. The van der Waals surface area contributed by atoms with Crippen LogP contribution in [-0.2, 0) is 22.9 Å². The number of thiazole rings is 1. The predicted octanol–water partition coefficient (Wildman–Crippen LogP) is 6.50. The van der Waals surface area contributed by atoms with Crippen LogP contribution in [0.1, 0.15) is 60.5 Å². The second kappa shape index (κ2) is 9.39. The average Bonchev–Trinajstić information content (AvgIpc) is 3.60. The molecule has 2 aliphatic rings. The van der Waals surface area contributed by atoms with Gasteiger partial charge in [-0.25, -0.2) is 13.4 Å². The lowest BCUT2D eigenvalue weighted by molar-refractivity contribution is 0.361. The molecule has 0 bridgehead atoms. The van der Waals surface area contributed by atoms with Crippen LogP contribution in [0.2, 0.25) is 0 Å². The number of nitrogens with one attached hydrogen (secondary N) is 1. The van der Waals surface area contributed by atoms with E-state index in [4.69, 9.17) is 4.98 Å². The molecule has 1 aliphatic heterocycles. The highest BCUT2D eigenvalue weighted by Gasteiger charge is 2.32. The molecule has 3 heterocycles. The molecule has 1 aromatic carbocycles. The molecule has 3 aromatic rings. The number of hydrogen-bond acceptors (Lipinski definition) is 6. The van der Waals surface area contributed by atoms with Crippen molar-refractivity contribution in [2.45, 2.75) is 62.1 Å². The maximum Gasteiger partial charge on any atom is 0.273 e. The maximum atomic E-state index is 13.1. The second-order valence-corrected chi connectivity index (χ2v) is 13.5. The van der Waals surface area contributed by atoms with E-state index in [0.717, 1.165) is 40.9 Å². The van der Waals surface area contributed by atoms with Gasteiger partial charge in [0.2, 0.25) is 0 Å². The third-order valence-electron chi connectivity index (χ3n) is 7.13. The summed E-state index contributed by atoms with van der Waals surface area (Å²) in [4.78, 5) is 6.17. The van der Waals surface area contributed by atoms with Gasteiger partial charge in [-0.3, -0.25) is 4.31 Å². The molecule has 2 aromatic heterocycles. The Labute approximate surface area is 204 Å². The predicted molar refractivity (Wildman–Crippen MR) is 138 cm³/mol. The molecule has 5 rings (SSSR count). The molecule has 2 unspecified atom stereocenters. The van der Waals surface area contributed by atoms with Crippen molar-refractivity contribution >= 4 is 44.1 Å². The van der Waals surface area contributed by atoms with E-state index in [1.165, 1.54) is 52.6 Å². The summed E-state index contributed by atoms with van der Waals surface area (Å²) in [5.41, 5.74) is 2.73. The van der Waals surface area contributed by atoms with Crippen LogP contribution in [0.5, 0.6) is 0 Å². The molecule has 1 N–H and O–H groups in total. The van der Waals surface area contributed by atoms with Crippen molar-refractivity contribution in [2.75, 3.05) is 16.7 Å². The molecular formula is C25H31N3O2S3. The van der Waals surface area contributed by atoms with Crippen LogP contribution in [0.3, 0.4) is 0 Å². The topological polar surface area (TPSA) is 62.3 Å². The first-order chi connectivity index (χ1) is 16.0. The maximum absolute atomic E-state index is 13.1. The molecule has 0 amide bonds. The van der Waals surface area contributed by atoms with Gasteiger partial charge in [-0.05, 0) is 47.8 Å². The first-order valence-electron chi connectivity index (χ1n) is 11.8. The first kappa shape index (κ1) is 22.9. The second-order valence-electron chi connectivity index (χ2n) is 9.23. The Morgan fingerprint density at radius 2 is 2.03 bits per heavy atom. The number of thiophene rings is 1. The van der Waals surface area contributed by atoms with E-state index in [1.54, 1.807) is 24.6 Å². The van der Waals surface area contributed by atoms with E-state index in [1.807, 2.05) is 23.5 Å². The molecule has 0 radical (unpaired) electrons. The Bertz CT molecular complexity index is 1200. The minimum absolute atomic E-state index is 0.0905. The molecule has 0 saturated heterocycles. The Kier molecular flexibility index (Phi) is 6.51. The lowest BCUT2D eigenvalue weighted by atomic mass is 9.89. The van der Waals surface area contributed by atoms with Gasteiger partial charge in [0.15, 0.2) is 0 Å². The molecule has 1 fully saturated rings. The summed E-state index contributed by atoms with van der Waals surface area (Å²) < 4.78 is 27.9. The standard InChI is InChI=1S/C25H31N3O2S3/c1-3-7-17-8-4-9-18(17)14-20-16-26-25(32-20)21-15-19-10-5-11-22(24(19)27-21)28(2)33(29,30)23-12-6-13-31-23/h5-6,10-13,16-18,21,27H,3-4,7-9,14-15H2,1-2H3/t17-,18?,21?/m1/s1. The zero-order valence-corrected chi connectivity index (χ0v) is 21.6. The van der Waals surface area contributed by atoms with E-state index in [-0.39, 0.29) is 6.04 Å². The number of anilines is 2. The quantitative estimate of drug-likeness (QED) is 0.383. The van der Waals surface area contributed by atoms with Crippen molar-refractivity contribution < 1.29 is 8.42 Å². The monoisotopic (exact) mass is 501 g/mol. The van der Waals surface area contributed by atoms with E-state index in [9.17, 15) is 8.42 Å². The summed E-state index contributed by atoms with van der Waals surface area (Å²) in [6.07, 6.45) is 10.8. The van der Waals surface area contributed by atoms with Crippen LogP contribution in [0.15, 0.2) is 46.1 Å². The van der Waals surface area contributed by atoms with Gasteiger partial charge in [0, 0.05) is 24.5 Å². The van der Waals surface area contributed by atoms with E-state index >= 15 is 0 Å². The van der Waals surface area contributed by atoms with Crippen LogP contribution in [0, 0.1) is 11.8 Å². The first-order valence-corrected chi connectivity index (χ1v) is 15.0. The zero-order valence-electron chi connectivity index (χ0n) is 19.2. The summed E-state index contributed by atoms with van der Waals surface area (Å²) in [6.45, 7) is 2.29. The Hall–Kier alpha value is -1.90. The molecule has 8 heteroatoms. The van der Waals surface area contributed by atoms with Crippen LogP contribution in [-0.4, -0.2) is 20.4 Å². The Balaban J connectivity index is 1.33. The molecule has 1 saturated carbocycles. The third-order valence-corrected chi connectivity index (χ3v) is 11.4. The van der Waals surface area contributed by atoms with E-state index in [0.29, 0.717) is 9.90 Å². The van der Waals surface area contributed by atoms with Crippen molar-refractivity contribution in [3.8, 4) is 0 Å². The number of hydrogen-bond donors (Lipinski definition) is 1. The highest BCUT2D eigenvalue weighted by Crippen LogP contribution is 2.43. The van der Waals surface area contributed by atoms with Crippen molar-refractivity contribution in [1.29, 1.82) is 0 Å². The van der Waals surface area contributed by atoms with E-state index < -0.39 is 10.0 Å². The molecule has 176 valence electrons. The largest absolute Gasteiger partial charge is 0.374 e. The van der Waals surface area contributed by atoms with Crippen molar-refractivity contribution in [3.05, 3.63) is 57.4 Å². The smallest absolute Gasteiger partial charge is 0.273 e. The van der Waals surface area contributed by atoms with Crippen molar-refractivity contribution in [3.63, 3.8) is 0 Å². The average molecular weight is 502 g/mol. The number of rotatable bonds is 8. The number of para-hydroxylation sites is 1. The van der Waals surface area contributed by atoms with Gasteiger partial charge in [0.25, 0.3) is 10.0 Å². The highest BCUT2D eigenvalue weighted by atomic mass is 32.2. The molecule has 5 nitrogen and oxygen atoms in total. The number of benzene rings is 1. The molecule has 1 aliphatic carbocycles. The summed E-state index contributed by atoms with van der Waals surface area (Å²) in [5, 5.41) is 6.49. The normalized spacial score (nSPS) is 22.3. The lowest BCUT2D eigenvalue weighted by Gasteiger charge is -2.21. The van der Waals surface area contributed by atoms with Gasteiger partial charge in [-0.1, -0.05) is 50.8 Å². The fourth-order valence-corrected chi connectivity index (χ4v) is 8.85. The summed E-state index contributed by atoms with van der Waals surface area (Å²) in [5.74, 6) is 1.67. The molecule has 0 spiro atoms. The van der Waals surface area contributed by atoms with Crippen LogP contribution in [0.25, 0.3) is 0 Å². The number of aromatic nitrogens is 1. The van der Waals surface area contributed by atoms with E-state index in [2.05, 4.69) is 24.5 Å². The van der Waals surface area contributed by atoms with Gasteiger partial charge in [-0.15, -0.1) is 22.7 Å². The highest BCUT2D eigenvalue weighted by molar-refractivity contribution is 7.94. The summed E-state index contributed by atoms with van der Waals surface area (Å²) in [6, 6.07) is 9.42. The van der Waals surface area contributed by atoms with Gasteiger partial charge in [0.05, 0.1) is 17.4 Å². The van der Waals surface area contributed by atoms with Crippen LogP contribution in [0.4, 0.5) is 11.4 Å². The van der Waals surface area contributed by atoms with Crippen LogP contribution >= 0.6 is 22.7 Å². The molecule has 33 heavy (non-hydrogen) atoms. The van der Waals surface area contributed by atoms with Crippen molar-refractivity contribution in [2.24, 2.45) is 11.8 Å². The van der Waals surface area contributed by atoms with Gasteiger partial charge < -0.3 is 5.32 Å². The summed E-state index contributed by atoms with van der Waals surface area (Å²) >= 11 is 3.07. The molecular weight excluding hydrogens is 470 g/mol. The minimum Gasteiger partial charge on any atom is -0.374 e. The van der Waals surface area contributed by atoms with Crippen LogP contribution < -0.4 is 9.62 Å². The number of sulfonamides is 1. The fourth-order valence-electron chi connectivity index (χ4n) is 5.42. The zero-order chi connectivity index (χ0) is 23.0. The van der Waals surface area contributed by atoms with Crippen molar-refractivity contribution in [1.82, 2.24) is 4.98 Å². The summed E-state index contributed by atoms with van der Waals surface area (Å²) in [7, 11) is -1.94. The lowest BCUT2D eigenvalue weighted by Crippen LogP contribution is -2.26. The molecule has 3 atom stereocenters. The number of fused-ring (bicyclic) bond motifs is 1. The van der Waals surface area contributed by atoms with Gasteiger partial charge in [0.1, 0.15) is 9.22 Å². The number of nitrogens with zero attached hydrogens (tertiary/aromatic N) is 2. The van der Waals surface area contributed by atoms with Gasteiger partial charge >= 0.3 is 0 Å².